The van der Waals surface area contributed by atoms with Crippen LogP contribution >= 0.6 is 0 Å². The molecule has 1 saturated heterocycles. The van der Waals surface area contributed by atoms with Crippen molar-refractivity contribution in [1.29, 1.82) is 0 Å². The number of rotatable bonds is 4. The van der Waals surface area contributed by atoms with Crippen LogP contribution in [0, 0.1) is 5.92 Å². The zero-order chi connectivity index (χ0) is 13.5. The molecule has 0 aromatic carbocycles. The van der Waals surface area contributed by atoms with Gasteiger partial charge in [0, 0.05) is 32.2 Å². The summed E-state index contributed by atoms with van der Waals surface area (Å²) < 4.78 is 5.39. The van der Waals surface area contributed by atoms with Crippen molar-refractivity contribution in [3.8, 4) is 0 Å². The van der Waals surface area contributed by atoms with E-state index in [1.807, 2.05) is 25.3 Å². The Balaban J connectivity index is 2.10. The fourth-order valence-electron chi connectivity index (χ4n) is 2.44. The maximum atomic E-state index is 11.8. The Morgan fingerprint density at radius 1 is 1.53 bits per heavy atom. The second-order valence-corrected chi connectivity index (χ2v) is 4.72. The molecule has 1 fully saturated rings. The van der Waals surface area contributed by atoms with E-state index in [-0.39, 0.29) is 12.1 Å². The molecule has 1 aliphatic heterocycles. The first kappa shape index (κ1) is 13.8. The van der Waals surface area contributed by atoms with Crippen LogP contribution in [-0.4, -0.2) is 30.8 Å². The van der Waals surface area contributed by atoms with Crippen LogP contribution in [0.25, 0.3) is 0 Å². The molecule has 0 radical (unpaired) electrons. The van der Waals surface area contributed by atoms with Crippen LogP contribution in [0.2, 0.25) is 0 Å². The third kappa shape index (κ3) is 3.92. The van der Waals surface area contributed by atoms with E-state index in [2.05, 4.69) is 15.6 Å². The van der Waals surface area contributed by atoms with Crippen molar-refractivity contribution in [3.63, 3.8) is 0 Å². The third-order valence-corrected chi connectivity index (χ3v) is 3.40. The predicted octanol–water partition coefficient (Wildman–Crippen LogP) is 1.87. The molecule has 2 N–H and O–H groups in total. The van der Waals surface area contributed by atoms with Crippen LogP contribution in [0.3, 0.4) is 0 Å². The molecule has 2 amide bonds. The second-order valence-electron chi connectivity index (χ2n) is 4.72. The minimum Gasteiger partial charge on any atom is -0.381 e. The summed E-state index contributed by atoms with van der Waals surface area (Å²) >= 11 is 0. The molecular formula is C14H21N3O2. The highest BCUT2D eigenvalue weighted by Gasteiger charge is 2.26. The summed E-state index contributed by atoms with van der Waals surface area (Å²) in [5.41, 5.74) is 1.06. The minimum absolute atomic E-state index is 0.00384. The van der Waals surface area contributed by atoms with Crippen molar-refractivity contribution in [1.82, 2.24) is 15.6 Å². The number of ether oxygens (including phenoxy) is 1. The van der Waals surface area contributed by atoms with E-state index in [1.54, 1.807) is 6.20 Å². The topological polar surface area (TPSA) is 63.2 Å². The van der Waals surface area contributed by atoms with Crippen LogP contribution < -0.4 is 10.6 Å². The number of amides is 2. The first-order chi connectivity index (χ1) is 9.31. The normalized spacial score (nSPS) is 17.7. The summed E-state index contributed by atoms with van der Waals surface area (Å²) in [5, 5.41) is 5.84. The maximum Gasteiger partial charge on any atom is 0.315 e. The van der Waals surface area contributed by atoms with Crippen molar-refractivity contribution in [2.45, 2.75) is 25.8 Å². The third-order valence-electron chi connectivity index (χ3n) is 3.40. The molecule has 1 aromatic rings. The lowest BCUT2D eigenvalue weighted by Gasteiger charge is -2.31. The van der Waals surface area contributed by atoms with Gasteiger partial charge >= 0.3 is 6.03 Å². The van der Waals surface area contributed by atoms with Gasteiger partial charge in [0.05, 0.1) is 6.04 Å². The summed E-state index contributed by atoms with van der Waals surface area (Å²) in [7, 11) is 0. The van der Waals surface area contributed by atoms with Gasteiger partial charge in [-0.05, 0) is 37.3 Å². The first-order valence-electron chi connectivity index (χ1n) is 6.83. The van der Waals surface area contributed by atoms with E-state index in [0.717, 1.165) is 31.6 Å². The van der Waals surface area contributed by atoms with Gasteiger partial charge in [-0.15, -0.1) is 0 Å². The quantitative estimate of drug-likeness (QED) is 0.871. The lowest BCUT2D eigenvalue weighted by molar-refractivity contribution is 0.0548. The van der Waals surface area contributed by atoms with E-state index in [1.165, 1.54) is 0 Å². The number of carbonyl (C=O) groups excluding carboxylic acids is 1. The molecule has 2 heterocycles. The van der Waals surface area contributed by atoms with Gasteiger partial charge in [-0.3, -0.25) is 4.98 Å². The van der Waals surface area contributed by atoms with Gasteiger partial charge in [0.2, 0.25) is 0 Å². The number of carbonyl (C=O) groups is 1. The Kier molecular flexibility index (Phi) is 5.15. The summed E-state index contributed by atoms with van der Waals surface area (Å²) in [4.78, 5) is 15.9. The van der Waals surface area contributed by atoms with Crippen molar-refractivity contribution in [3.05, 3.63) is 30.1 Å². The van der Waals surface area contributed by atoms with Crippen molar-refractivity contribution < 1.29 is 9.53 Å². The number of nitrogens with zero attached hydrogens (tertiary/aromatic N) is 1. The van der Waals surface area contributed by atoms with Gasteiger partial charge in [0.15, 0.2) is 0 Å². The fourth-order valence-corrected chi connectivity index (χ4v) is 2.44. The smallest absolute Gasteiger partial charge is 0.315 e. The molecule has 1 atom stereocenters. The lowest BCUT2D eigenvalue weighted by atomic mass is 9.88. The van der Waals surface area contributed by atoms with E-state index in [4.69, 9.17) is 4.74 Å². The molecule has 0 aliphatic carbocycles. The number of urea groups is 1. The number of aromatic nitrogens is 1. The van der Waals surface area contributed by atoms with Gasteiger partial charge in [-0.1, -0.05) is 6.07 Å². The number of nitrogens with one attached hydrogen (secondary N) is 2. The van der Waals surface area contributed by atoms with E-state index >= 15 is 0 Å². The lowest BCUT2D eigenvalue weighted by Crippen LogP contribution is -2.41. The monoisotopic (exact) mass is 263 g/mol. The zero-order valence-corrected chi connectivity index (χ0v) is 11.3. The van der Waals surface area contributed by atoms with Crippen molar-refractivity contribution in [2.24, 2.45) is 5.92 Å². The van der Waals surface area contributed by atoms with Gasteiger partial charge in [-0.2, -0.15) is 0 Å². The molecule has 104 valence electrons. The molecule has 2 rings (SSSR count). The SMILES string of the molecule is CCNC(=O)NC(c1cccnc1)C1CCOCC1. The summed E-state index contributed by atoms with van der Waals surface area (Å²) in [5.74, 6) is 0.403. The molecular weight excluding hydrogens is 242 g/mol. The number of hydrogen-bond donors (Lipinski definition) is 2. The van der Waals surface area contributed by atoms with Crippen molar-refractivity contribution >= 4 is 6.03 Å². The molecule has 0 spiro atoms. The second kappa shape index (κ2) is 7.09. The van der Waals surface area contributed by atoms with Crippen LogP contribution in [0.15, 0.2) is 24.5 Å². The number of pyridine rings is 1. The molecule has 1 aliphatic rings. The molecule has 0 bridgehead atoms. The predicted molar refractivity (Wildman–Crippen MR) is 72.7 cm³/mol. The minimum atomic E-state index is -0.122. The zero-order valence-electron chi connectivity index (χ0n) is 11.3. The van der Waals surface area contributed by atoms with Crippen LogP contribution in [0.5, 0.6) is 0 Å². The summed E-state index contributed by atoms with van der Waals surface area (Å²) in [6.07, 6.45) is 5.50. The standard InChI is InChI=1S/C14H21N3O2/c1-2-16-14(18)17-13(11-5-8-19-9-6-11)12-4-3-7-15-10-12/h3-4,7,10-11,13H,2,5-6,8-9H2,1H3,(H2,16,17,18). The number of hydrogen-bond acceptors (Lipinski definition) is 3. The van der Waals surface area contributed by atoms with E-state index in [0.29, 0.717) is 12.5 Å². The molecule has 19 heavy (non-hydrogen) atoms. The van der Waals surface area contributed by atoms with Gasteiger partial charge in [-0.25, -0.2) is 4.79 Å². The highest BCUT2D eigenvalue weighted by Crippen LogP contribution is 2.29. The first-order valence-corrected chi connectivity index (χ1v) is 6.83. The van der Waals surface area contributed by atoms with Crippen LogP contribution in [-0.2, 0) is 4.74 Å². The van der Waals surface area contributed by atoms with Gasteiger partial charge < -0.3 is 15.4 Å². The Morgan fingerprint density at radius 2 is 2.32 bits per heavy atom. The molecule has 0 saturated carbocycles. The van der Waals surface area contributed by atoms with E-state index in [9.17, 15) is 4.79 Å². The van der Waals surface area contributed by atoms with Crippen LogP contribution in [0.1, 0.15) is 31.4 Å². The molecule has 5 nitrogen and oxygen atoms in total. The fraction of sp³-hybridized carbons (Fsp3) is 0.571. The summed E-state index contributed by atoms with van der Waals surface area (Å²) in [6.45, 7) is 4.06. The van der Waals surface area contributed by atoms with Crippen molar-refractivity contribution in [2.75, 3.05) is 19.8 Å². The van der Waals surface area contributed by atoms with Crippen LogP contribution in [0.4, 0.5) is 4.79 Å². The van der Waals surface area contributed by atoms with Gasteiger partial charge in [0.1, 0.15) is 0 Å². The average molecular weight is 263 g/mol. The molecule has 5 heteroatoms. The summed E-state index contributed by atoms with van der Waals surface area (Å²) in [6, 6.07) is 3.80. The molecule has 1 aromatic heterocycles. The molecule has 1 unspecified atom stereocenters. The average Bonchev–Trinajstić information content (AvgIpc) is 2.47. The largest absolute Gasteiger partial charge is 0.381 e. The highest BCUT2D eigenvalue weighted by atomic mass is 16.5. The Labute approximate surface area is 113 Å². The Morgan fingerprint density at radius 3 is 2.95 bits per heavy atom. The highest BCUT2D eigenvalue weighted by molar-refractivity contribution is 5.74. The van der Waals surface area contributed by atoms with E-state index < -0.39 is 0 Å². The maximum absolute atomic E-state index is 11.8. The van der Waals surface area contributed by atoms with Gasteiger partial charge in [0.25, 0.3) is 0 Å². The Hall–Kier alpha value is -1.62. The Bertz CT molecular complexity index is 391.